The van der Waals surface area contributed by atoms with Gasteiger partial charge in [-0.05, 0) is 43.1 Å². The monoisotopic (exact) mass is 250 g/mol. The maximum absolute atomic E-state index is 6.02. The Kier molecular flexibility index (Phi) is 4.44. The molecule has 0 aromatic heterocycles. The fourth-order valence-corrected chi connectivity index (χ4v) is 2.44. The van der Waals surface area contributed by atoms with Crippen LogP contribution in [-0.2, 0) is 11.3 Å². The van der Waals surface area contributed by atoms with Crippen molar-refractivity contribution < 1.29 is 9.47 Å². The lowest BCUT2D eigenvalue weighted by Crippen LogP contribution is -2.38. The second-order valence-corrected chi connectivity index (χ2v) is 4.80. The Labute approximate surface area is 109 Å². The molecular weight excluding hydrogens is 228 g/mol. The number of anilines is 1. The van der Waals surface area contributed by atoms with Crippen LogP contribution < -0.4 is 10.5 Å². The van der Waals surface area contributed by atoms with Crippen LogP contribution in [0.4, 0.5) is 5.69 Å². The number of hydrogen-bond donors (Lipinski definition) is 1. The molecule has 100 valence electrons. The van der Waals surface area contributed by atoms with E-state index in [4.69, 9.17) is 15.2 Å². The van der Waals surface area contributed by atoms with E-state index in [0.717, 1.165) is 43.1 Å². The standard InChI is InChI=1S/C14H22N2O2/c1-17-12-5-6-14(15)11(8-12)9-16-7-3-4-13(10-16)18-2/h5-6,8,13H,3-4,7,9-10,15H2,1-2H3. The number of likely N-dealkylation sites (tertiary alicyclic amines) is 1. The molecule has 0 spiro atoms. The molecule has 1 aliphatic heterocycles. The molecule has 1 heterocycles. The van der Waals surface area contributed by atoms with Crippen molar-refractivity contribution >= 4 is 5.69 Å². The molecule has 1 fully saturated rings. The molecule has 18 heavy (non-hydrogen) atoms. The average molecular weight is 250 g/mol. The van der Waals surface area contributed by atoms with Crippen LogP contribution in [0.25, 0.3) is 0 Å². The van der Waals surface area contributed by atoms with E-state index in [1.54, 1.807) is 14.2 Å². The summed E-state index contributed by atoms with van der Waals surface area (Å²) in [5, 5.41) is 0. The number of rotatable bonds is 4. The van der Waals surface area contributed by atoms with Gasteiger partial charge in [0.25, 0.3) is 0 Å². The Morgan fingerprint density at radius 1 is 1.39 bits per heavy atom. The van der Waals surface area contributed by atoms with Gasteiger partial charge in [0.15, 0.2) is 0 Å². The third-order valence-corrected chi connectivity index (χ3v) is 3.54. The Morgan fingerprint density at radius 2 is 2.22 bits per heavy atom. The molecule has 0 aliphatic carbocycles. The second-order valence-electron chi connectivity index (χ2n) is 4.80. The van der Waals surface area contributed by atoms with E-state index in [2.05, 4.69) is 4.90 Å². The number of piperidine rings is 1. The molecule has 2 rings (SSSR count). The zero-order chi connectivity index (χ0) is 13.0. The summed E-state index contributed by atoms with van der Waals surface area (Å²) >= 11 is 0. The van der Waals surface area contributed by atoms with Crippen LogP contribution in [0, 0.1) is 0 Å². The van der Waals surface area contributed by atoms with Gasteiger partial charge in [0, 0.05) is 25.9 Å². The van der Waals surface area contributed by atoms with Crippen molar-refractivity contribution in [1.29, 1.82) is 0 Å². The molecule has 1 aromatic rings. The molecule has 2 N–H and O–H groups in total. The molecule has 4 heteroatoms. The summed E-state index contributed by atoms with van der Waals surface area (Å²) in [4.78, 5) is 2.39. The SMILES string of the molecule is COc1ccc(N)c(CN2CCCC(OC)C2)c1. The quantitative estimate of drug-likeness (QED) is 0.829. The van der Waals surface area contributed by atoms with Crippen molar-refractivity contribution in [2.45, 2.75) is 25.5 Å². The smallest absolute Gasteiger partial charge is 0.119 e. The van der Waals surface area contributed by atoms with E-state index in [-0.39, 0.29) is 0 Å². The molecule has 0 bridgehead atoms. The molecule has 1 aromatic carbocycles. The van der Waals surface area contributed by atoms with Gasteiger partial charge in [-0.15, -0.1) is 0 Å². The predicted molar refractivity (Wildman–Crippen MR) is 72.7 cm³/mol. The van der Waals surface area contributed by atoms with Crippen LogP contribution in [0.15, 0.2) is 18.2 Å². The van der Waals surface area contributed by atoms with Crippen molar-refractivity contribution in [1.82, 2.24) is 4.90 Å². The Morgan fingerprint density at radius 3 is 2.94 bits per heavy atom. The summed E-state index contributed by atoms with van der Waals surface area (Å²) < 4.78 is 10.7. The Bertz CT molecular complexity index is 395. The molecule has 1 aliphatic rings. The first-order chi connectivity index (χ1) is 8.72. The third kappa shape index (κ3) is 3.15. The van der Waals surface area contributed by atoms with Crippen molar-refractivity contribution in [3.05, 3.63) is 23.8 Å². The zero-order valence-corrected chi connectivity index (χ0v) is 11.2. The lowest BCUT2D eigenvalue weighted by Gasteiger charge is -2.32. The third-order valence-electron chi connectivity index (χ3n) is 3.54. The fraction of sp³-hybridized carbons (Fsp3) is 0.571. The number of nitrogen functional groups attached to an aromatic ring is 1. The zero-order valence-electron chi connectivity index (χ0n) is 11.2. The lowest BCUT2D eigenvalue weighted by atomic mass is 10.1. The highest BCUT2D eigenvalue weighted by Crippen LogP contribution is 2.23. The number of methoxy groups -OCH3 is 2. The molecule has 1 unspecified atom stereocenters. The average Bonchev–Trinajstić information content (AvgIpc) is 2.41. The summed E-state index contributed by atoms with van der Waals surface area (Å²) in [6, 6.07) is 5.82. The summed E-state index contributed by atoms with van der Waals surface area (Å²) in [6.07, 6.45) is 2.69. The van der Waals surface area contributed by atoms with Gasteiger partial charge >= 0.3 is 0 Å². The number of benzene rings is 1. The number of ether oxygens (including phenoxy) is 2. The van der Waals surface area contributed by atoms with Gasteiger partial charge in [-0.1, -0.05) is 0 Å². The minimum Gasteiger partial charge on any atom is -0.497 e. The molecular formula is C14H22N2O2. The van der Waals surface area contributed by atoms with E-state index < -0.39 is 0 Å². The van der Waals surface area contributed by atoms with Gasteiger partial charge in [-0.2, -0.15) is 0 Å². The Hall–Kier alpha value is -1.26. The van der Waals surface area contributed by atoms with Crippen molar-refractivity contribution in [3.8, 4) is 5.75 Å². The highest BCUT2D eigenvalue weighted by atomic mass is 16.5. The molecule has 0 saturated carbocycles. The molecule has 4 nitrogen and oxygen atoms in total. The van der Waals surface area contributed by atoms with Crippen LogP contribution in [0.1, 0.15) is 18.4 Å². The van der Waals surface area contributed by atoms with E-state index in [0.29, 0.717) is 6.10 Å². The van der Waals surface area contributed by atoms with Crippen LogP contribution in [-0.4, -0.2) is 38.3 Å². The number of nitrogens with two attached hydrogens (primary N) is 1. The maximum atomic E-state index is 6.02. The molecule has 1 atom stereocenters. The normalized spacial score (nSPS) is 20.9. The first-order valence-electron chi connectivity index (χ1n) is 6.40. The highest BCUT2D eigenvalue weighted by molar-refractivity contribution is 5.50. The summed E-state index contributed by atoms with van der Waals surface area (Å²) in [6.45, 7) is 2.95. The fourth-order valence-electron chi connectivity index (χ4n) is 2.44. The second kappa shape index (κ2) is 6.07. The van der Waals surface area contributed by atoms with Crippen molar-refractivity contribution in [3.63, 3.8) is 0 Å². The van der Waals surface area contributed by atoms with Crippen LogP contribution in [0.5, 0.6) is 5.75 Å². The molecule has 0 amide bonds. The predicted octanol–water partition coefficient (Wildman–Crippen LogP) is 1.89. The lowest BCUT2D eigenvalue weighted by molar-refractivity contribution is 0.0286. The van der Waals surface area contributed by atoms with Gasteiger partial charge in [0.05, 0.1) is 13.2 Å². The minimum absolute atomic E-state index is 0.352. The summed E-state index contributed by atoms with van der Waals surface area (Å²) in [5.41, 5.74) is 7.97. The van der Waals surface area contributed by atoms with Crippen LogP contribution in [0.2, 0.25) is 0 Å². The van der Waals surface area contributed by atoms with E-state index in [1.165, 1.54) is 6.42 Å². The minimum atomic E-state index is 0.352. The first kappa shape index (κ1) is 13.2. The van der Waals surface area contributed by atoms with Crippen LogP contribution >= 0.6 is 0 Å². The van der Waals surface area contributed by atoms with Gasteiger partial charge in [0.2, 0.25) is 0 Å². The topological polar surface area (TPSA) is 47.7 Å². The van der Waals surface area contributed by atoms with Crippen LogP contribution in [0.3, 0.4) is 0 Å². The van der Waals surface area contributed by atoms with E-state index in [1.807, 2.05) is 18.2 Å². The first-order valence-corrected chi connectivity index (χ1v) is 6.40. The van der Waals surface area contributed by atoms with Gasteiger partial charge in [-0.25, -0.2) is 0 Å². The van der Waals surface area contributed by atoms with Gasteiger partial charge < -0.3 is 15.2 Å². The maximum Gasteiger partial charge on any atom is 0.119 e. The highest BCUT2D eigenvalue weighted by Gasteiger charge is 2.20. The number of hydrogen-bond acceptors (Lipinski definition) is 4. The number of nitrogens with zero attached hydrogens (tertiary/aromatic N) is 1. The van der Waals surface area contributed by atoms with E-state index >= 15 is 0 Å². The van der Waals surface area contributed by atoms with E-state index in [9.17, 15) is 0 Å². The summed E-state index contributed by atoms with van der Waals surface area (Å²) in [5.74, 6) is 0.861. The van der Waals surface area contributed by atoms with Gasteiger partial charge in [0.1, 0.15) is 5.75 Å². The Balaban J connectivity index is 2.04. The van der Waals surface area contributed by atoms with Gasteiger partial charge in [-0.3, -0.25) is 4.90 Å². The molecule has 1 saturated heterocycles. The molecule has 0 radical (unpaired) electrons. The summed E-state index contributed by atoms with van der Waals surface area (Å²) in [7, 11) is 3.46. The van der Waals surface area contributed by atoms with Crippen molar-refractivity contribution in [2.24, 2.45) is 0 Å². The largest absolute Gasteiger partial charge is 0.497 e. The van der Waals surface area contributed by atoms with Crippen molar-refractivity contribution in [2.75, 3.05) is 33.0 Å².